The van der Waals surface area contributed by atoms with Crippen LogP contribution >= 0.6 is 0 Å². The Hall–Kier alpha value is -2.81. The van der Waals surface area contributed by atoms with E-state index in [1.807, 2.05) is 36.4 Å². The molecule has 0 saturated carbocycles. The van der Waals surface area contributed by atoms with Gasteiger partial charge in [0.15, 0.2) is 0 Å². The number of carbonyl (C=O) groups is 1. The van der Waals surface area contributed by atoms with Crippen molar-refractivity contribution in [1.29, 1.82) is 0 Å². The average Bonchev–Trinajstić information content (AvgIpc) is 2.55. The SMILES string of the molecule is O=C1C[C@H](c2ccc(O)cc2)c2ccc3ccccc3c2N1. The predicted octanol–water partition coefficient (Wildman–Crippen LogP) is 4.02. The molecule has 2 N–H and O–H groups in total. The second-order valence-electron chi connectivity index (χ2n) is 5.65. The maximum absolute atomic E-state index is 12.2. The number of aromatic hydroxyl groups is 1. The van der Waals surface area contributed by atoms with Crippen LogP contribution in [0.2, 0.25) is 0 Å². The fourth-order valence-corrected chi connectivity index (χ4v) is 3.21. The first-order valence-electron chi connectivity index (χ1n) is 7.33. The third-order valence-corrected chi connectivity index (χ3v) is 4.29. The molecule has 0 bridgehead atoms. The molecule has 1 amide bonds. The zero-order valence-electron chi connectivity index (χ0n) is 11.9. The second kappa shape index (κ2) is 4.88. The first-order chi connectivity index (χ1) is 10.7. The summed E-state index contributed by atoms with van der Waals surface area (Å²) in [6, 6.07) is 19.4. The van der Waals surface area contributed by atoms with E-state index in [1.54, 1.807) is 12.1 Å². The van der Waals surface area contributed by atoms with Crippen molar-refractivity contribution >= 4 is 22.4 Å². The van der Waals surface area contributed by atoms with E-state index in [-0.39, 0.29) is 17.6 Å². The molecule has 0 radical (unpaired) electrons. The number of nitrogens with one attached hydrogen (secondary N) is 1. The molecular weight excluding hydrogens is 274 g/mol. The van der Waals surface area contributed by atoms with Crippen LogP contribution < -0.4 is 5.32 Å². The Morgan fingerprint density at radius 2 is 1.73 bits per heavy atom. The normalized spacial score (nSPS) is 17.1. The van der Waals surface area contributed by atoms with Crippen molar-refractivity contribution in [2.75, 3.05) is 5.32 Å². The molecular formula is C19H15NO2. The van der Waals surface area contributed by atoms with Gasteiger partial charge in [-0.1, -0.05) is 48.5 Å². The molecule has 0 aromatic heterocycles. The van der Waals surface area contributed by atoms with E-state index in [4.69, 9.17) is 0 Å². The van der Waals surface area contributed by atoms with Gasteiger partial charge in [-0.3, -0.25) is 4.79 Å². The van der Waals surface area contributed by atoms with Crippen LogP contribution in [0.4, 0.5) is 5.69 Å². The fourth-order valence-electron chi connectivity index (χ4n) is 3.21. The number of benzene rings is 3. The molecule has 1 heterocycles. The quantitative estimate of drug-likeness (QED) is 0.711. The van der Waals surface area contributed by atoms with Gasteiger partial charge in [0.2, 0.25) is 5.91 Å². The lowest BCUT2D eigenvalue weighted by Crippen LogP contribution is -2.23. The summed E-state index contributed by atoms with van der Waals surface area (Å²) in [4.78, 5) is 12.2. The van der Waals surface area contributed by atoms with Gasteiger partial charge in [0.25, 0.3) is 0 Å². The Labute approximate surface area is 128 Å². The molecule has 0 fully saturated rings. The average molecular weight is 289 g/mol. The van der Waals surface area contributed by atoms with Gasteiger partial charge in [-0.2, -0.15) is 0 Å². The Balaban J connectivity index is 1.92. The van der Waals surface area contributed by atoms with E-state index in [1.165, 1.54) is 0 Å². The minimum absolute atomic E-state index is 0.0222. The lowest BCUT2D eigenvalue weighted by atomic mass is 9.83. The van der Waals surface area contributed by atoms with Gasteiger partial charge in [-0.15, -0.1) is 0 Å². The van der Waals surface area contributed by atoms with Gasteiger partial charge in [-0.05, 0) is 28.6 Å². The zero-order chi connectivity index (χ0) is 15.1. The van der Waals surface area contributed by atoms with Gasteiger partial charge in [0.05, 0.1) is 5.69 Å². The largest absolute Gasteiger partial charge is 0.508 e. The summed E-state index contributed by atoms with van der Waals surface area (Å²) in [6.07, 6.45) is 0.427. The van der Waals surface area contributed by atoms with Crippen molar-refractivity contribution in [2.45, 2.75) is 12.3 Å². The predicted molar refractivity (Wildman–Crippen MR) is 87.1 cm³/mol. The standard InChI is InChI=1S/C19H15NO2/c21-14-8-5-13(6-9-14)17-11-18(22)20-19-15-4-2-1-3-12(15)7-10-16(17)19/h1-10,17,21H,11H2,(H,20,22)/t17-/m1/s1. The number of anilines is 1. The third kappa shape index (κ3) is 2.02. The summed E-state index contributed by atoms with van der Waals surface area (Å²) in [6.45, 7) is 0. The van der Waals surface area contributed by atoms with Crippen LogP contribution in [0, 0.1) is 0 Å². The number of fused-ring (bicyclic) bond motifs is 3. The Bertz CT molecular complexity index is 868. The molecule has 3 aromatic carbocycles. The molecule has 108 valence electrons. The van der Waals surface area contributed by atoms with Crippen molar-refractivity contribution in [3.63, 3.8) is 0 Å². The molecule has 0 saturated heterocycles. The van der Waals surface area contributed by atoms with Gasteiger partial charge in [-0.25, -0.2) is 0 Å². The summed E-state index contributed by atoms with van der Waals surface area (Å²) in [7, 11) is 0. The molecule has 1 aliphatic rings. The molecule has 0 aliphatic carbocycles. The highest BCUT2D eigenvalue weighted by molar-refractivity contribution is 6.06. The number of carbonyl (C=O) groups excluding carboxylic acids is 1. The fraction of sp³-hybridized carbons (Fsp3) is 0.105. The molecule has 22 heavy (non-hydrogen) atoms. The molecule has 3 nitrogen and oxygen atoms in total. The summed E-state index contributed by atoms with van der Waals surface area (Å²) < 4.78 is 0. The molecule has 0 unspecified atom stereocenters. The van der Waals surface area contributed by atoms with Crippen LogP contribution in [0.5, 0.6) is 5.75 Å². The van der Waals surface area contributed by atoms with E-state index >= 15 is 0 Å². The van der Waals surface area contributed by atoms with Crippen molar-refractivity contribution in [1.82, 2.24) is 0 Å². The Morgan fingerprint density at radius 3 is 2.55 bits per heavy atom. The highest BCUT2D eigenvalue weighted by Gasteiger charge is 2.27. The summed E-state index contributed by atoms with van der Waals surface area (Å²) in [5, 5.41) is 14.7. The first-order valence-corrected chi connectivity index (χ1v) is 7.33. The highest BCUT2D eigenvalue weighted by Crippen LogP contribution is 2.41. The van der Waals surface area contributed by atoms with Crippen molar-refractivity contribution in [3.8, 4) is 5.75 Å². The summed E-state index contributed by atoms with van der Waals surface area (Å²) >= 11 is 0. The summed E-state index contributed by atoms with van der Waals surface area (Å²) in [5.74, 6) is 0.290. The molecule has 4 rings (SSSR count). The second-order valence-corrected chi connectivity index (χ2v) is 5.65. The van der Waals surface area contributed by atoms with Crippen LogP contribution in [-0.4, -0.2) is 11.0 Å². The minimum Gasteiger partial charge on any atom is -0.508 e. The lowest BCUT2D eigenvalue weighted by molar-refractivity contribution is -0.116. The number of phenols is 1. The number of phenolic OH excluding ortho intramolecular Hbond substituents is 1. The van der Waals surface area contributed by atoms with Gasteiger partial charge in [0, 0.05) is 17.7 Å². The Kier molecular flexibility index (Phi) is 2.86. The number of hydrogen-bond acceptors (Lipinski definition) is 2. The molecule has 0 spiro atoms. The number of amides is 1. The molecule has 1 atom stereocenters. The van der Waals surface area contributed by atoms with E-state index in [0.29, 0.717) is 6.42 Å². The highest BCUT2D eigenvalue weighted by atomic mass is 16.3. The maximum atomic E-state index is 12.2. The topological polar surface area (TPSA) is 49.3 Å². The molecule has 3 heteroatoms. The first kappa shape index (κ1) is 12.9. The van der Waals surface area contributed by atoms with E-state index < -0.39 is 0 Å². The van der Waals surface area contributed by atoms with Crippen LogP contribution in [0.3, 0.4) is 0 Å². The number of rotatable bonds is 1. The van der Waals surface area contributed by atoms with Crippen molar-refractivity contribution in [3.05, 3.63) is 71.8 Å². The zero-order valence-corrected chi connectivity index (χ0v) is 11.9. The van der Waals surface area contributed by atoms with Crippen molar-refractivity contribution < 1.29 is 9.90 Å². The van der Waals surface area contributed by atoms with Crippen LogP contribution in [0.25, 0.3) is 10.8 Å². The van der Waals surface area contributed by atoms with E-state index in [2.05, 4.69) is 17.4 Å². The Morgan fingerprint density at radius 1 is 0.955 bits per heavy atom. The third-order valence-electron chi connectivity index (χ3n) is 4.29. The number of hydrogen-bond donors (Lipinski definition) is 2. The van der Waals surface area contributed by atoms with Crippen LogP contribution in [0.1, 0.15) is 23.5 Å². The van der Waals surface area contributed by atoms with E-state index in [0.717, 1.165) is 27.6 Å². The van der Waals surface area contributed by atoms with Gasteiger partial charge >= 0.3 is 0 Å². The van der Waals surface area contributed by atoms with Crippen molar-refractivity contribution in [2.24, 2.45) is 0 Å². The van der Waals surface area contributed by atoms with Gasteiger partial charge in [0.1, 0.15) is 5.75 Å². The monoisotopic (exact) mass is 289 g/mol. The minimum atomic E-state index is 0.0222. The molecule has 3 aromatic rings. The lowest BCUT2D eigenvalue weighted by Gasteiger charge is -2.27. The van der Waals surface area contributed by atoms with Crippen LogP contribution in [0.15, 0.2) is 60.7 Å². The smallest absolute Gasteiger partial charge is 0.225 e. The van der Waals surface area contributed by atoms with Crippen LogP contribution in [-0.2, 0) is 4.79 Å². The van der Waals surface area contributed by atoms with Gasteiger partial charge < -0.3 is 10.4 Å². The van der Waals surface area contributed by atoms with E-state index in [9.17, 15) is 9.90 Å². The summed E-state index contributed by atoms with van der Waals surface area (Å²) in [5.41, 5.74) is 3.08. The maximum Gasteiger partial charge on any atom is 0.225 e. The molecule has 1 aliphatic heterocycles.